The van der Waals surface area contributed by atoms with Crippen molar-refractivity contribution in [3.63, 3.8) is 0 Å². The van der Waals surface area contributed by atoms with Crippen LogP contribution in [0, 0.1) is 0 Å². The van der Waals surface area contributed by atoms with Gasteiger partial charge in [-0.1, -0.05) is 36.4 Å². The predicted octanol–water partition coefficient (Wildman–Crippen LogP) is 0.550. The zero-order valence-corrected chi connectivity index (χ0v) is 14.5. The molecule has 0 heterocycles. The molecule has 2 atom stereocenters. The Morgan fingerprint density at radius 3 is 1.46 bits per heavy atom. The summed E-state index contributed by atoms with van der Waals surface area (Å²) in [6.45, 7) is -0.902. The monoisotopic (exact) mass is 360 g/mol. The normalized spacial score (nSPS) is 13.5. The van der Waals surface area contributed by atoms with Gasteiger partial charge in [-0.2, -0.15) is 0 Å². The first kappa shape index (κ1) is 20.2. The molecule has 0 fully saturated rings. The maximum atomic E-state index is 12.1. The van der Waals surface area contributed by atoms with Crippen molar-refractivity contribution >= 4 is 22.3 Å². The summed E-state index contributed by atoms with van der Waals surface area (Å²) in [6.07, 6.45) is -2.05. The molecule has 0 saturated heterocycles. The molecule has 0 amide bonds. The molecule has 6 nitrogen and oxygen atoms in total. The molecule has 26 heavy (non-hydrogen) atoms. The molecule has 0 aliphatic heterocycles. The van der Waals surface area contributed by atoms with Crippen LogP contribution in [-0.2, 0) is 22.4 Å². The van der Waals surface area contributed by atoms with E-state index in [1.807, 2.05) is 24.3 Å². The summed E-state index contributed by atoms with van der Waals surface area (Å²) < 4.78 is 0. The predicted molar refractivity (Wildman–Crippen MR) is 96.8 cm³/mol. The molecular weight excluding hydrogens is 336 g/mol. The summed E-state index contributed by atoms with van der Waals surface area (Å²) in [7, 11) is 0. The van der Waals surface area contributed by atoms with E-state index in [0.717, 1.165) is 21.9 Å². The molecule has 0 spiro atoms. The second-order valence-electron chi connectivity index (χ2n) is 6.44. The van der Waals surface area contributed by atoms with E-state index in [-0.39, 0.29) is 37.2 Å². The van der Waals surface area contributed by atoms with Crippen molar-refractivity contribution < 1.29 is 30.0 Å². The second-order valence-corrected chi connectivity index (χ2v) is 6.44. The van der Waals surface area contributed by atoms with Gasteiger partial charge in [0.15, 0.2) is 0 Å². The number of fused-ring (bicyclic) bond motifs is 1. The lowest BCUT2D eigenvalue weighted by Crippen LogP contribution is -2.19. The average Bonchev–Trinajstić information content (AvgIpc) is 2.63. The molecule has 2 unspecified atom stereocenters. The van der Waals surface area contributed by atoms with E-state index in [1.165, 1.54) is 0 Å². The van der Waals surface area contributed by atoms with Crippen molar-refractivity contribution in [1.82, 2.24) is 0 Å². The number of carbonyl (C=O) groups excluding carboxylic acids is 2. The standard InChI is InChI=1S/C20H24O6/c21-11-17(25)9-15(23)7-13-5-6-14(8-16(24)10-18(26)12-22)20-4-2-1-3-19(13)20/h1-6,17-18,21-22,25-26H,7-12H2. The number of benzene rings is 2. The third kappa shape index (κ3) is 5.44. The van der Waals surface area contributed by atoms with E-state index in [0.29, 0.717) is 0 Å². The third-order valence-electron chi connectivity index (χ3n) is 4.23. The van der Waals surface area contributed by atoms with Gasteiger partial charge in [0.25, 0.3) is 0 Å². The fourth-order valence-electron chi connectivity index (χ4n) is 2.96. The Balaban J connectivity index is 2.23. The Bertz CT molecular complexity index is 705. The molecule has 0 aliphatic rings. The lowest BCUT2D eigenvalue weighted by Gasteiger charge is -2.12. The summed E-state index contributed by atoms with van der Waals surface area (Å²) in [5.41, 5.74) is 1.59. The summed E-state index contributed by atoms with van der Waals surface area (Å²) >= 11 is 0. The average molecular weight is 360 g/mol. The minimum Gasteiger partial charge on any atom is -0.394 e. The molecule has 0 bridgehead atoms. The van der Waals surface area contributed by atoms with Gasteiger partial charge < -0.3 is 20.4 Å². The lowest BCUT2D eigenvalue weighted by atomic mass is 9.93. The number of ketones is 2. The maximum Gasteiger partial charge on any atom is 0.139 e. The lowest BCUT2D eigenvalue weighted by molar-refractivity contribution is -0.121. The van der Waals surface area contributed by atoms with Crippen molar-refractivity contribution in [2.75, 3.05) is 13.2 Å². The number of hydrogen-bond donors (Lipinski definition) is 4. The summed E-state index contributed by atoms with van der Waals surface area (Å²) in [4.78, 5) is 24.1. The van der Waals surface area contributed by atoms with Crippen LogP contribution in [0.3, 0.4) is 0 Å². The van der Waals surface area contributed by atoms with Gasteiger partial charge in [-0.25, -0.2) is 0 Å². The van der Waals surface area contributed by atoms with Gasteiger partial charge >= 0.3 is 0 Å². The topological polar surface area (TPSA) is 115 Å². The summed E-state index contributed by atoms with van der Waals surface area (Å²) in [6, 6.07) is 11.0. The van der Waals surface area contributed by atoms with Crippen molar-refractivity contribution in [1.29, 1.82) is 0 Å². The summed E-state index contributed by atoms with van der Waals surface area (Å²) in [5.74, 6) is -0.349. The molecule has 2 aromatic carbocycles. The maximum absolute atomic E-state index is 12.1. The molecule has 4 N–H and O–H groups in total. The Morgan fingerprint density at radius 1 is 0.731 bits per heavy atom. The zero-order chi connectivity index (χ0) is 19.1. The fraction of sp³-hybridized carbons (Fsp3) is 0.400. The second kappa shape index (κ2) is 9.54. The number of aliphatic hydroxyl groups is 4. The highest BCUT2D eigenvalue weighted by molar-refractivity contribution is 5.95. The first-order valence-electron chi connectivity index (χ1n) is 8.55. The van der Waals surface area contributed by atoms with Crippen LogP contribution in [0.5, 0.6) is 0 Å². The first-order valence-corrected chi connectivity index (χ1v) is 8.55. The van der Waals surface area contributed by atoms with Crippen molar-refractivity contribution in [2.24, 2.45) is 0 Å². The molecule has 2 rings (SSSR count). The Hall–Kier alpha value is -2.12. The third-order valence-corrected chi connectivity index (χ3v) is 4.23. The van der Waals surface area contributed by atoms with Gasteiger partial charge in [0.05, 0.1) is 25.4 Å². The van der Waals surface area contributed by atoms with Gasteiger partial charge in [-0.15, -0.1) is 0 Å². The molecule has 6 heteroatoms. The van der Waals surface area contributed by atoms with Crippen LogP contribution in [-0.4, -0.2) is 57.4 Å². The van der Waals surface area contributed by atoms with Crippen molar-refractivity contribution in [2.45, 2.75) is 37.9 Å². The Morgan fingerprint density at radius 2 is 1.12 bits per heavy atom. The van der Waals surface area contributed by atoms with Gasteiger partial charge in [0.1, 0.15) is 11.6 Å². The molecule has 2 aromatic rings. The highest BCUT2D eigenvalue weighted by atomic mass is 16.3. The quantitative estimate of drug-likeness (QED) is 0.492. The molecule has 140 valence electrons. The van der Waals surface area contributed by atoms with E-state index in [1.54, 1.807) is 12.1 Å². The van der Waals surface area contributed by atoms with Gasteiger partial charge in [0, 0.05) is 25.7 Å². The van der Waals surface area contributed by atoms with Crippen LogP contribution in [0.1, 0.15) is 24.0 Å². The SMILES string of the molecule is O=C(Cc1ccc(CC(=O)CC(O)CO)c2ccccc12)CC(O)CO. The number of Topliss-reactive ketones (excluding diaryl/α,β-unsaturated/α-hetero) is 2. The van der Waals surface area contributed by atoms with E-state index in [9.17, 15) is 19.8 Å². The van der Waals surface area contributed by atoms with Gasteiger partial charge in [-0.3, -0.25) is 9.59 Å². The smallest absolute Gasteiger partial charge is 0.139 e. The number of carbonyl (C=O) groups is 2. The van der Waals surface area contributed by atoms with Crippen molar-refractivity contribution in [3.8, 4) is 0 Å². The minimum atomic E-state index is -1.05. The molecule has 0 saturated carbocycles. The molecule has 0 aliphatic carbocycles. The number of hydrogen-bond acceptors (Lipinski definition) is 6. The number of aliphatic hydroxyl groups excluding tert-OH is 4. The van der Waals surface area contributed by atoms with Crippen LogP contribution in [0.15, 0.2) is 36.4 Å². The highest BCUT2D eigenvalue weighted by Crippen LogP contribution is 2.25. The Labute approximate surface area is 151 Å². The van der Waals surface area contributed by atoms with Crippen LogP contribution in [0.25, 0.3) is 10.8 Å². The number of rotatable bonds is 10. The van der Waals surface area contributed by atoms with Crippen LogP contribution >= 0.6 is 0 Å². The van der Waals surface area contributed by atoms with Crippen LogP contribution in [0.2, 0.25) is 0 Å². The molecule has 0 aromatic heterocycles. The molecule has 0 radical (unpaired) electrons. The van der Waals surface area contributed by atoms with Crippen molar-refractivity contribution in [3.05, 3.63) is 47.5 Å². The fourth-order valence-corrected chi connectivity index (χ4v) is 2.96. The van der Waals surface area contributed by atoms with Crippen LogP contribution in [0.4, 0.5) is 0 Å². The van der Waals surface area contributed by atoms with E-state index in [4.69, 9.17) is 10.2 Å². The molecular formula is C20H24O6. The summed E-state index contributed by atoms with van der Waals surface area (Å²) in [5, 5.41) is 38.2. The largest absolute Gasteiger partial charge is 0.394 e. The zero-order valence-electron chi connectivity index (χ0n) is 14.5. The van der Waals surface area contributed by atoms with Gasteiger partial charge in [0.2, 0.25) is 0 Å². The van der Waals surface area contributed by atoms with E-state index in [2.05, 4.69) is 0 Å². The highest BCUT2D eigenvalue weighted by Gasteiger charge is 2.15. The Kier molecular flexibility index (Phi) is 7.41. The van der Waals surface area contributed by atoms with E-state index < -0.39 is 25.4 Å². The van der Waals surface area contributed by atoms with E-state index >= 15 is 0 Å². The van der Waals surface area contributed by atoms with Gasteiger partial charge in [-0.05, 0) is 21.9 Å². The minimum absolute atomic E-state index is 0.107. The van der Waals surface area contributed by atoms with Crippen LogP contribution < -0.4 is 0 Å². The first-order chi connectivity index (χ1) is 12.4.